The van der Waals surface area contributed by atoms with Crippen LogP contribution in [0, 0.1) is 0 Å². The molecule has 0 fully saturated rings. The largest absolute Gasteiger partial charge is 0.303 e. The maximum atomic E-state index is 12.4. The molecule has 0 aromatic heterocycles. The molecular weight excluding hydrogens is 254 g/mol. The molecule has 3 rings (SSSR count). The van der Waals surface area contributed by atoms with Crippen molar-refractivity contribution < 1.29 is 14.4 Å². The Kier molecular flexibility index (Phi) is 2.91. The monoisotopic (exact) mass is 265 g/mol. The lowest BCUT2D eigenvalue weighted by Gasteiger charge is -2.17. The summed E-state index contributed by atoms with van der Waals surface area (Å²) in [6.07, 6.45) is 0.931. The molecule has 20 heavy (non-hydrogen) atoms. The summed E-state index contributed by atoms with van der Waals surface area (Å²) in [7, 11) is 0. The Morgan fingerprint density at radius 3 is 2.00 bits per heavy atom. The number of rotatable bonds is 3. The molecule has 0 unspecified atom stereocenters. The van der Waals surface area contributed by atoms with Crippen molar-refractivity contribution in [2.45, 2.75) is 6.42 Å². The Morgan fingerprint density at radius 1 is 0.850 bits per heavy atom. The lowest BCUT2D eigenvalue weighted by molar-refractivity contribution is -0.107. The predicted octanol–water partition coefficient (Wildman–Crippen LogP) is 2.23. The van der Waals surface area contributed by atoms with Gasteiger partial charge >= 0.3 is 0 Å². The summed E-state index contributed by atoms with van der Waals surface area (Å²) in [4.78, 5) is 36.6. The van der Waals surface area contributed by atoms with Crippen molar-refractivity contribution in [2.24, 2.45) is 0 Å². The van der Waals surface area contributed by atoms with Crippen LogP contribution in [0.3, 0.4) is 0 Å². The normalized spacial score (nSPS) is 13.5. The Balaban J connectivity index is 2.12. The minimum atomic E-state index is -0.344. The zero-order valence-corrected chi connectivity index (χ0v) is 10.6. The predicted molar refractivity (Wildman–Crippen MR) is 73.8 cm³/mol. The van der Waals surface area contributed by atoms with Gasteiger partial charge in [0, 0.05) is 6.42 Å². The molecule has 0 bridgehead atoms. The first kappa shape index (κ1) is 12.3. The topological polar surface area (TPSA) is 54.5 Å². The van der Waals surface area contributed by atoms with Gasteiger partial charge in [-0.15, -0.1) is 0 Å². The van der Waals surface area contributed by atoms with Gasteiger partial charge in [-0.25, -0.2) is 4.90 Å². The van der Waals surface area contributed by atoms with E-state index in [1.54, 1.807) is 48.5 Å². The van der Waals surface area contributed by atoms with E-state index in [0.717, 1.165) is 11.2 Å². The summed E-state index contributed by atoms with van der Waals surface area (Å²) >= 11 is 0. The minimum absolute atomic E-state index is 0.170. The van der Waals surface area contributed by atoms with E-state index in [-0.39, 0.29) is 18.2 Å². The highest BCUT2D eigenvalue weighted by Gasteiger charge is 2.36. The van der Waals surface area contributed by atoms with E-state index in [1.807, 2.05) is 0 Å². The van der Waals surface area contributed by atoms with Gasteiger partial charge in [0.25, 0.3) is 11.8 Å². The highest BCUT2D eigenvalue weighted by Crippen LogP contribution is 2.30. The summed E-state index contributed by atoms with van der Waals surface area (Å²) in [5, 5.41) is 0. The number of anilines is 1. The lowest BCUT2D eigenvalue weighted by atomic mass is 10.1. The summed E-state index contributed by atoms with van der Waals surface area (Å²) < 4.78 is 0. The number of nitrogens with zero attached hydrogens (tertiary/aromatic N) is 1. The molecule has 2 aromatic rings. The number of benzene rings is 2. The molecule has 2 amide bonds. The second kappa shape index (κ2) is 4.74. The van der Waals surface area contributed by atoms with E-state index in [0.29, 0.717) is 22.4 Å². The molecule has 98 valence electrons. The zero-order chi connectivity index (χ0) is 14.1. The number of para-hydroxylation sites is 1. The molecule has 2 aromatic carbocycles. The van der Waals surface area contributed by atoms with Gasteiger partial charge in [0.2, 0.25) is 0 Å². The molecule has 0 radical (unpaired) electrons. The Labute approximate surface area is 115 Å². The number of hydrogen-bond acceptors (Lipinski definition) is 3. The van der Waals surface area contributed by atoms with Crippen molar-refractivity contribution in [3.05, 3.63) is 65.2 Å². The standard InChI is InChI=1S/C16H11NO3/c18-10-9-11-5-1-4-8-14(11)17-15(19)12-6-2-3-7-13(12)16(17)20/h1-8,10H,9H2. The van der Waals surface area contributed by atoms with Gasteiger partial charge in [0.05, 0.1) is 16.8 Å². The van der Waals surface area contributed by atoms with Crippen LogP contribution in [0.2, 0.25) is 0 Å². The van der Waals surface area contributed by atoms with Crippen LogP contribution in [-0.4, -0.2) is 18.1 Å². The quantitative estimate of drug-likeness (QED) is 0.631. The first-order valence-electron chi connectivity index (χ1n) is 6.23. The van der Waals surface area contributed by atoms with E-state index in [9.17, 15) is 14.4 Å². The van der Waals surface area contributed by atoms with Crippen molar-refractivity contribution in [1.82, 2.24) is 0 Å². The first-order valence-corrected chi connectivity index (χ1v) is 6.23. The van der Waals surface area contributed by atoms with E-state index in [2.05, 4.69) is 0 Å². The molecule has 0 spiro atoms. The third-order valence-corrected chi connectivity index (χ3v) is 3.33. The molecule has 1 aliphatic heterocycles. The smallest absolute Gasteiger partial charge is 0.266 e. The fourth-order valence-electron chi connectivity index (χ4n) is 2.40. The minimum Gasteiger partial charge on any atom is -0.303 e. The number of amides is 2. The fraction of sp³-hybridized carbons (Fsp3) is 0.0625. The average Bonchev–Trinajstić information content (AvgIpc) is 2.73. The second-order valence-corrected chi connectivity index (χ2v) is 4.49. The van der Waals surface area contributed by atoms with Gasteiger partial charge < -0.3 is 4.79 Å². The van der Waals surface area contributed by atoms with Crippen LogP contribution in [0.25, 0.3) is 0 Å². The summed E-state index contributed by atoms with van der Waals surface area (Å²) in [5.41, 5.74) is 1.94. The molecule has 0 N–H and O–H groups in total. The maximum absolute atomic E-state index is 12.4. The van der Waals surface area contributed by atoms with Crippen LogP contribution in [0.1, 0.15) is 26.3 Å². The van der Waals surface area contributed by atoms with E-state index >= 15 is 0 Å². The SMILES string of the molecule is O=CCc1ccccc1N1C(=O)c2ccccc2C1=O. The van der Waals surface area contributed by atoms with Crippen molar-refractivity contribution in [3.8, 4) is 0 Å². The summed E-state index contributed by atoms with van der Waals surface area (Å²) in [6, 6.07) is 13.7. The average molecular weight is 265 g/mol. The third kappa shape index (κ3) is 1.73. The Morgan fingerprint density at radius 2 is 1.40 bits per heavy atom. The second-order valence-electron chi connectivity index (χ2n) is 4.49. The van der Waals surface area contributed by atoms with Gasteiger partial charge in [0.1, 0.15) is 6.29 Å². The highest BCUT2D eigenvalue weighted by atomic mass is 16.2. The van der Waals surface area contributed by atoms with Gasteiger partial charge in [-0.2, -0.15) is 0 Å². The van der Waals surface area contributed by atoms with Gasteiger partial charge in [-0.3, -0.25) is 9.59 Å². The zero-order valence-electron chi connectivity index (χ0n) is 10.6. The van der Waals surface area contributed by atoms with E-state index in [4.69, 9.17) is 0 Å². The van der Waals surface area contributed by atoms with Crippen molar-refractivity contribution in [2.75, 3.05) is 4.90 Å². The summed E-state index contributed by atoms with van der Waals surface area (Å²) in [6.45, 7) is 0. The van der Waals surface area contributed by atoms with Gasteiger partial charge in [-0.1, -0.05) is 30.3 Å². The first-order chi connectivity index (χ1) is 9.74. The Hall–Kier alpha value is -2.75. The molecule has 0 atom stereocenters. The van der Waals surface area contributed by atoms with Crippen molar-refractivity contribution in [1.29, 1.82) is 0 Å². The molecule has 1 heterocycles. The summed E-state index contributed by atoms with van der Waals surface area (Å²) in [5.74, 6) is -0.687. The maximum Gasteiger partial charge on any atom is 0.266 e. The fourth-order valence-corrected chi connectivity index (χ4v) is 2.40. The number of hydrogen-bond donors (Lipinski definition) is 0. The molecule has 0 saturated heterocycles. The van der Waals surface area contributed by atoms with Crippen LogP contribution in [-0.2, 0) is 11.2 Å². The molecule has 0 saturated carbocycles. The van der Waals surface area contributed by atoms with Crippen LogP contribution in [0.5, 0.6) is 0 Å². The lowest BCUT2D eigenvalue weighted by Crippen LogP contribution is -2.30. The molecule has 4 nitrogen and oxygen atoms in total. The van der Waals surface area contributed by atoms with Crippen LogP contribution >= 0.6 is 0 Å². The van der Waals surface area contributed by atoms with Crippen molar-refractivity contribution in [3.63, 3.8) is 0 Å². The highest BCUT2D eigenvalue weighted by molar-refractivity contribution is 6.34. The molecular formula is C16H11NO3. The van der Waals surface area contributed by atoms with Crippen molar-refractivity contribution >= 4 is 23.8 Å². The van der Waals surface area contributed by atoms with Gasteiger partial charge in [-0.05, 0) is 23.8 Å². The number of carbonyl (C=O) groups excluding carboxylic acids is 3. The van der Waals surface area contributed by atoms with Crippen LogP contribution in [0.4, 0.5) is 5.69 Å². The van der Waals surface area contributed by atoms with E-state index < -0.39 is 0 Å². The number of imide groups is 1. The molecule has 0 aliphatic carbocycles. The number of fused-ring (bicyclic) bond motifs is 1. The van der Waals surface area contributed by atoms with Crippen LogP contribution < -0.4 is 4.90 Å². The molecule has 1 aliphatic rings. The number of carbonyl (C=O) groups is 3. The van der Waals surface area contributed by atoms with Gasteiger partial charge in [0.15, 0.2) is 0 Å². The Bertz CT molecular complexity index is 686. The number of aldehydes is 1. The van der Waals surface area contributed by atoms with E-state index in [1.165, 1.54) is 0 Å². The van der Waals surface area contributed by atoms with Crippen LogP contribution in [0.15, 0.2) is 48.5 Å². The molecule has 4 heteroatoms. The third-order valence-electron chi connectivity index (χ3n) is 3.33.